The first-order chi connectivity index (χ1) is 18.7. The molecule has 1 fully saturated rings. The summed E-state index contributed by atoms with van der Waals surface area (Å²) in [5.41, 5.74) is 2.25. The number of nitrogens with zero attached hydrogens (tertiary/aromatic N) is 4. The van der Waals surface area contributed by atoms with Gasteiger partial charge in [0.15, 0.2) is 0 Å². The van der Waals surface area contributed by atoms with E-state index in [0.29, 0.717) is 17.4 Å². The van der Waals surface area contributed by atoms with Crippen LogP contribution >= 0.6 is 11.3 Å². The predicted molar refractivity (Wildman–Crippen MR) is 144 cm³/mol. The smallest absolute Gasteiger partial charge is 0.301 e. The van der Waals surface area contributed by atoms with Gasteiger partial charge in [-0.3, -0.25) is 24.6 Å². The first-order valence-electron chi connectivity index (χ1n) is 11.9. The second-order valence-corrected chi connectivity index (χ2v) is 10.1. The van der Waals surface area contributed by atoms with Crippen LogP contribution in [0, 0.1) is 24.0 Å². The second-order valence-electron chi connectivity index (χ2n) is 8.93. The molecule has 1 aliphatic rings. The molecule has 1 aromatic heterocycles. The highest BCUT2D eigenvalue weighted by Crippen LogP contribution is 2.43. The molecule has 0 radical (unpaired) electrons. The minimum Gasteiger partial charge on any atom is -0.507 e. The van der Waals surface area contributed by atoms with Crippen molar-refractivity contribution in [3.63, 3.8) is 0 Å². The molecule has 1 saturated heterocycles. The molecule has 39 heavy (non-hydrogen) atoms. The number of benzene rings is 3. The normalized spacial score (nSPS) is 16.5. The van der Waals surface area contributed by atoms with Crippen LogP contribution in [0.25, 0.3) is 5.76 Å². The van der Waals surface area contributed by atoms with Gasteiger partial charge in [0, 0.05) is 17.7 Å². The van der Waals surface area contributed by atoms with Crippen molar-refractivity contribution in [1.82, 2.24) is 10.2 Å². The summed E-state index contributed by atoms with van der Waals surface area (Å²) >= 11 is 1.09. The highest BCUT2D eigenvalue weighted by atomic mass is 32.1. The number of aliphatic hydroxyl groups excluding tert-OH is 1. The van der Waals surface area contributed by atoms with Gasteiger partial charge in [-0.15, -0.1) is 10.2 Å². The number of ether oxygens (including phenoxy) is 1. The number of hydrogen-bond donors (Lipinski definition) is 1. The summed E-state index contributed by atoms with van der Waals surface area (Å²) in [6.45, 7) is 4.05. The standard InChI is InChI=1S/C28H22N4O6S/c1-16-5-3-6-18(13-16)15-38-22-11-9-19(10-12-22)25(33)23-24(20-7-4-8-21(14-20)32(36)37)31(27(35)26(23)34)28-30-29-17(2)39-28/h3-14,24,33H,15H2,1-2H3/b25-23+/t24-/m0/s1. The Balaban J connectivity index is 1.53. The number of aromatic nitrogens is 2. The van der Waals surface area contributed by atoms with Gasteiger partial charge in [-0.1, -0.05) is 53.3 Å². The molecule has 11 heteroatoms. The van der Waals surface area contributed by atoms with Crippen molar-refractivity contribution < 1.29 is 24.4 Å². The predicted octanol–water partition coefficient (Wildman–Crippen LogP) is 5.27. The Kier molecular flexibility index (Phi) is 6.90. The third kappa shape index (κ3) is 5.12. The molecule has 0 unspecified atom stereocenters. The molecule has 0 spiro atoms. The maximum atomic E-state index is 13.3. The number of non-ortho nitro benzene ring substituents is 1. The molecule has 0 saturated carbocycles. The average Bonchev–Trinajstić information content (AvgIpc) is 3.47. The van der Waals surface area contributed by atoms with Crippen LogP contribution < -0.4 is 9.64 Å². The summed E-state index contributed by atoms with van der Waals surface area (Å²) in [5, 5.41) is 31.4. The monoisotopic (exact) mass is 542 g/mol. The molecule has 4 aromatic rings. The van der Waals surface area contributed by atoms with Gasteiger partial charge < -0.3 is 9.84 Å². The van der Waals surface area contributed by atoms with Crippen LogP contribution in [-0.4, -0.2) is 31.9 Å². The van der Waals surface area contributed by atoms with Crippen molar-refractivity contribution in [2.75, 3.05) is 4.90 Å². The van der Waals surface area contributed by atoms with Crippen LogP contribution in [0.4, 0.5) is 10.8 Å². The summed E-state index contributed by atoms with van der Waals surface area (Å²) < 4.78 is 5.84. The molecule has 196 valence electrons. The minimum atomic E-state index is -1.14. The van der Waals surface area contributed by atoms with Gasteiger partial charge in [0.1, 0.15) is 23.1 Å². The van der Waals surface area contributed by atoms with Gasteiger partial charge in [-0.2, -0.15) is 0 Å². The third-order valence-corrected chi connectivity index (χ3v) is 7.02. The van der Waals surface area contributed by atoms with E-state index in [1.807, 2.05) is 31.2 Å². The van der Waals surface area contributed by atoms with Crippen molar-refractivity contribution in [3.8, 4) is 5.75 Å². The van der Waals surface area contributed by atoms with Crippen molar-refractivity contribution in [2.24, 2.45) is 0 Å². The highest BCUT2D eigenvalue weighted by molar-refractivity contribution is 7.15. The zero-order chi connectivity index (χ0) is 27.7. The van der Waals surface area contributed by atoms with Gasteiger partial charge in [0.05, 0.1) is 16.5 Å². The fourth-order valence-corrected chi connectivity index (χ4v) is 5.08. The number of aliphatic hydroxyl groups is 1. The first kappa shape index (κ1) is 25.7. The number of anilines is 1. The number of ketones is 1. The number of amides is 1. The lowest BCUT2D eigenvalue weighted by Crippen LogP contribution is -2.29. The van der Waals surface area contributed by atoms with Gasteiger partial charge in [0.2, 0.25) is 5.13 Å². The minimum absolute atomic E-state index is 0.144. The van der Waals surface area contributed by atoms with Crippen LogP contribution in [0.15, 0.2) is 78.4 Å². The van der Waals surface area contributed by atoms with E-state index in [9.17, 15) is 24.8 Å². The SMILES string of the molecule is Cc1cccc(COc2ccc(/C(O)=C3\C(=O)C(=O)N(c4nnc(C)s4)[C@H]3c3cccc([N+](=O)[O-])c3)cc2)c1. The number of nitro groups is 1. The van der Waals surface area contributed by atoms with Crippen LogP contribution in [0.3, 0.4) is 0 Å². The molecular formula is C28H22N4O6S. The van der Waals surface area contributed by atoms with E-state index in [1.54, 1.807) is 37.3 Å². The third-order valence-electron chi connectivity index (χ3n) is 6.18. The van der Waals surface area contributed by atoms with Gasteiger partial charge in [-0.05, 0) is 49.2 Å². The van der Waals surface area contributed by atoms with E-state index in [2.05, 4.69) is 10.2 Å². The van der Waals surface area contributed by atoms with Crippen LogP contribution in [0.2, 0.25) is 0 Å². The summed E-state index contributed by atoms with van der Waals surface area (Å²) in [6, 6.07) is 18.8. The molecule has 5 rings (SSSR count). The van der Waals surface area contributed by atoms with Crippen molar-refractivity contribution in [2.45, 2.75) is 26.5 Å². The molecule has 3 aromatic carbocycles. The molecular weight excluding hydrogens is 520 g/mol. The fraction of sp³-hybridized carbons (Fsp3) is 0.143. The molecule has 1 atom stereocenters. The van der Waals surface area contributed by atoms with Crippen LogP contribution in [-0.2, 0) is 16.2 Å². The lowest BCUT2D eigenvalue weighted by Gasteiger charge is -2.22. The van der Waals surface area contributed by atoms with Crippen molar-refractivity contribution >= 4 is 39.6 Å². The topological polar surface area (TPSA) is 136 Å². The summed E-state index contributed by atoms with van der Waals surface area (Å²) in [4.78, 5) is 38.4. The number of hydrogen-bond acceptors (Lipinski definition) is 9. The lowest BCUT2D eigenvalue weighted by molar-refractivity contribution is -0.384. The largest absolute Gasteiger partial charge is 0.507 e. The fourth-order valence-electron chi connectivity index (χ4n) is 4.37. The summed E-state index contributed by atoms with van der Waals surface area (Å²) in [5.74, 6) is -1.72. The number of carbonyl (C=O) groups is 2. The second kappa shape index (κ2) is 10.5. The van der Waals surface area contributed by atoms with E-state index in [-0.39, 0.29) is 27.5 Å². The van der Waals surface area contributed by atoms with Gasteiger partial charge in [-0.25, -0.2) is 0 Å². The quantitative estimate of drug-likeness (QED) is 0.110. The Morgan fingerprint density at radius 2 is 1.79 bits per heavy atom. The zero-order valence-corrected chi connectivity index (χ0v) is 21.7. The molecule has 1 amide bonds. The molecule has 2 heterocycles. The zero-order valence-electron chi connectivity index (χ0n) is 20.9. The van der Waals surface area contributed by atoms with Crippen molar-refractivity contribution in [3.05, 3.63) is 116 Å². The molecule has 0 bridgehead atoms. The number of carbonyl (C=O) groups excluding carboxylic acids is 2. The Labute approximate surface area is 227 Å². The number of rotatable bonds is 7. The highest BCUT2D eigenvalue weighted by Gasteiger charge is 2.48. The Hall–Kier alpha value is -4.90. The van der Waals surface area contributed by atoms with Crippen molar-refractivity contribution in [1.29, 1.82) is 0 Å². The van der Waals surface area contributed by atoms with Gasteiger partial charge in [0.25, 0.3) is 11.5 Å². The number of nitro benzene ring substituents is 1. The molecule has 1 N–H and O–H groups in total. The van der Waals surface area contributed by atoms with Crippen LogP contribution in [0.1, 0.15) is 33.3 Å². The maximum absolute atomic E-state index is 13.3. The molecule has 1 aliphatic heterocycles. The Bertz CT molecular complexity index is 1630. The first-order valence-corrected chi connectivity index (χ1v) is 12.7. The lowest BCUT2D eigenvalue weighted by atomic mass is 9.95. The van der Waals surface area contributed by atoms with E-state index in [4.69, 9.17) is 4.74 Å². The van der Waals surface area contributed by atoms with E-state index in [1.165, 1.54) is 18.2 Å². The Morgan fingerprint density at radius 3 is 2.46 bits per heavy atom. The van der Waals surface area contributed by atoms with Gasteiger partial charge >= 0.3 is 5.91 Å². The van der Waals surface area contributed by atoms with E-state index >= 15 is 0 Å². The van der Waals surface area contributed by atoms with Crippen LogP contribution in [0.5, 0.6) is 5.75 Å². The molecule has 0 aliphatic carbocycles. The van der Waals surface area contributed by atoms with E-state index < -0.39 is 28.4 Å². The summed E-state index contributed by atoms with van der Waals surface area (Å²) in [6.07, 6.45) is 0. The molecule has 10 nitrogen and oxygen atoms in total. The maximum Gasteiger partial charge on any atom is 0.301 e. The number of Topliss-reactive ketones (excluding diaryl/α,β-unsaturated/α-hetero) is 1. The Morgan fingerprint density at radius 1 is 1.05 bits per heavy atom. The van der Waals surface area contributed by atoms with E-state index in [0.717, 1.165) is 27.4 Å². The average molecular weight is 543 g/mol. The summed E-state index contributed by atoms with van der Waals surface area (Å²) in [7, 11) is 0. The number of aryl methyl sites for hydroxylation is 2.